The summed E-state index contributed by atoms with van der Waals surface area (Å²) in [6.07, 6.45) is 8.29. The van der Waals surface area contributed by atoms with Crippen LogP contribution in [0, 0.1) is 0 Å². The number of ether oxygens (including phenoxy) is 1. The van der Waals surface area contributed by atoms with E-state index < -0.39 is 37.0 Å². The van der Waals surface area contributed by atoms with Gasteiger partial charge < -0.3 is 30.3 Å². The number of esters is 1. The van der Waals surface area contributed by atoms with E-state index in [1.807, 2.05) is 0 Å². The van der Waals surface area contributed by atoms with Crippen LogP contribution in [0.1, 0.15) is 77.6 Å². The molecule has 0 spiro atoms. The largest absolute Gasteiger partial charge is 0.463 e. The first kappa shape index (κ1) is 27.0. The van der Waals surface area contributed by atoms with Crippen LogP contribution in [-0.2, 0) is 9.53 Å². The number of hydrogen-bond acceptors (Lipinski definition) is 7. The molecule has 0 aromatic heterocycles. The molecule has 0 amide bonds. The number of carbonyl (C=O) groups excluding carboxylic acids is 1. The number of hydrogen-bond donors (Lipinski definition) is 5. The molecule has 0 aromatic carbocycles. The molecule has 0 unspecified atom stereocenters. The molecule has 7 nitrogen and oxygen atoms in total. The lowest BCUT2D eigenvalue weighted by Gasteiger charge is -2.15. The van der Waals surface area contributed by atoms with Crippen LogP contribution in [-0.4, -0.2) is 69.1 Å². The predicted molar refractivity (Wildman–Crippen MR) is 108 cm³/mol. The van der Waals surface area contributed by atoms with Crippen LogP contribution >= 0.6 is 0 Å². The van der Waals surface area contributed by atoms with Crippen LogP contribution in [0.3, 0.4) is 0 Å². The van der Waals surface area contributed by atoms with E-state index >= 15 is 0 Å². The van der Waals surface area contributed by atoms with Crippen LogP contribution < -0.4 is 0 Å². The second-order valence-corrected chi connectivity index (χ2v) is 7.33. The van der Waals surface area contributed by atoms with E-state index in [1.165, 1.54) is 12.2 Å². The molecule has 0 rings (SSSR count). The fourth-order valence-electron chi connectivity index (χ4n) is 2.71. The molecular weight excluding hydrogens is 364 g/mol. The molecule has 166 valence electrons. The zero-order valence-corrected chi connectivity index (χ0v) is 17.2. The molecule has 0 aliphatic heterocycles. The van der Waals surface area contributed by atoms with Crippen molar-refractivity contribution >= 4 is 5.97 Å². The molecule has 28 heavy (non-hydrogen) atoms. The summed E-state index contributed by atoms with van der Waals surface area (Å²) in [6.45, 7) is 1.50. The zero-order valence-electron chi connectivity index (χ0n) is 17.2. The summed E-state index contributed by atoms with van der Waals surface area (Å²) in [7, 11) is 0. The normalized spacial score (nSPS) is 16.1. The van der Waals surface area contributed by atoms with Crippen LogP contribution in [0.25, 0.3) is 0 Å². The van der Waals surface area contributed by atoms with Crippen molar-refractivity contribution in [1.29, 1.82) is 0 Å². The molecule has 0 radical (unpaired) electrons. The van der Waals surface area contributed by atoms with Crippen molar-refractivity contribution in [2.75, 3.05) is 13.2 Å². The maximum atomic E-state index is 11.4. The second-order valence-electron chi connectivity index (χ2n) is 7.33. The number of unbranched alkanes of at least 4 members (excludes halogenated alkanes) is 6. The number of rotatable bonds is 18. The van der Waals surface area contributed by atoms with Gasteiger partial charge in [0.1, 0.15) is 12.7 Å². The van der Waals surface area contributed by atoms with Crippen LogP contribution in [0.15, 0.2) is 12.2 Å². The van der Waals surface area contributed by atoms with Crippen molar-refractivity contribution in [1.82, 2.24) is 0 Å². The van der Waals surface area contributed by atoms with E-state index in [0.29, 0.717) is 19.3 Å². The first-order chi connectivity index (χ1) is 13.4. The Kier molecular flexibility index (Phi) is 17.4. The van der Waals surface area contributed by atoms with Gasteiger partial charge in [-0.3, -0.25) is 4.79 Å². The lowest BCUT2D eigenvalue weighted by molar-refractivity contribution is -0.147. The minimum Gasteiger partial charge on any atom is -0.463 e. The Hall–Kier alpha value is -0.990. The van der Waals surface area contributed by atoms with E-state index in [4.69, 9.17) is 14.9 Å². The Balaban J connectivity index is 3.71. The number of aliphatic hydroxyl groups excluding tert-OH is 5. The van der Waals surface area contributed by atoms with Gasteiger partial charge in [-0.1, -0.05) is 64.0 Å². The summed E-state index contributed by atoms with van der Waals surface area (Å²) >= 11 is 0. The Morgan fingerprint density at radius 1 is 0.893 bits per heavy atom. The average molecular weight is 405 g/mol. The highest BCUT2D eigenvalue weighted by Gasteiger charge is 2.13. The van der Waals surface area contributed by atoms with Crippen LogP contribution in [0.5, 0.6) is 0 Å². The Morgan fingerprint density at radius 3 is 2.21 bits per heavy atom. The zero-order chi connectivity index (χ0) is 21.2. The first-order valence-corrected chi connectivity index (χ1v) is 10.6. The van der Waals surface area contributed by atoms with Gasteiger partial charge in [0, 0.05) is 6.42 Å². The number of carbonyl (C=O) groups is 1. The molecule has 4 atom stereocenters. The van der Waals surface area contributed by atoms with E-state index in [2.05, 4.69) is 6.92 Å². The van der Waals surface area contributed by atoms with E-state index in [1.54, 1.807) is 0 Å². The standard InChI is InChI=1S/C21H40O7/c1-2-3-4-8-11-19(25)20(26)14-13-17(23)10-7-5-6-9-12-21(27)28-16-18(24)15-22/h13-14,17-20,22-26H,2-12,15-16H2,1H3/b14-13+/t17-,18-,19+,20+/m1/s1. The van der Waals surface area contributed by atoms with Crippen molar-refractivity contribution in [2.45, 2.75) is 102 Å². The molecule has 0 heterocycles. The first-order valence-electron chi connectivity index (χ1n) is 10.6. The van der Waals surface area contributed by atoms with E-state index in [-0.39, 0.29) is 13.0 Å². The summed E-state index contributed by atoms with van der Waals surface area (Å²) in [4.78, 5) is 11.4. The maximum Gasteiger partial charge on any atom is 0.305 e. The maximum absolute atomic E-state index is 11.4. The molecule has 0 aromatic rings. The molecular formula is C21H40O7. The van der Waals surface area contributed by atoms with E-state index in [9.17, 15) is 20.1 Å². The third-order valence-electron chi connectivity index (χ3n) is 4.56. The Labute approximate surface area is 169 Å². The average Bonchev–Trinajstić information content (AvgIpc) is 2.69. The minimum atomic E-state index is -1.03. The highest BCUT2D eigenvalue weighted by Crippen LogP contribution is 2.11. The molecule has 0 aliphatic rings. The molecule has 0 saturated carbocycles. The minimum absolute atomic E-state index is 0.187. The highest BCUT2D eigenvalue weighted by molar-refractivity contribution is 5.69. The third-order valence-corrected chi connectivity index (χ3v) is 4.56. The lowest BCUT2D eigenvalue weighted by Crippen LogP contribution is -2.24. The second kappa shape index (κ2) is 18.1. The summed E-state index contributed by atoms with van der Waals surface area (Å²) in [5.74, 6) is -0.391. The van der Waals surface area contributed by atoms with Gasteiger partial charge in [-0.05, 0) is 19.3 Å². The fourth-order valence-corrected chi connectivity index (χ4v) is 2.71. The highest BCUT2D eigenvalue weighted by atomic mass is 16.5. The summed E-state index contributed by atoms with van der Waals surface area (Å²) < 4.78 is 4.81. The van der Waals surface area contributed by atoms with Gasteiger partial charge in [-0.25, -0.2) is 0 Å². The van der Waals surface area contributed by atoms with Crippen molar-refractivity contribution in [3.63, 3.8) is 0 Å². The van der Waals surface area contributed by atoms with Crippen molar-refractivity contribution in [2.24, 2.45) is 0 Å². The van der Waals surface area contributed by atoms with Gasteiger partial charge in [0.2, 0.25) is 0 Å². The molecule has 0 bridgehead atoms. The fraction of sp³-hybridized carbons (Fsp3) is 0.857. The predicted octanol–water partition coefficient (Wildman–Crippen LogP) is 1.83. The topological polar surface area (TPSA) is 127 Å². The summed E-state index contributed by atoms with van der Waals surface area (Å²) in [5.41, 5.74) is 0. The quantitative estimate of drug-likeness (QED) is 0.134. The van der Waals surface area contributed by atoms with E-state index in [0.717, 1.165) is 44.9 Å². The smallest absolute Gasteiger partial charge is 0.305 e. The number of aliphatic hydroxyl groups is 5. The summed E-state index contributed by atoms with van der Waals surface area (Å²) in [6, 6.07) is 0. The monoisotopic (exact) mass is 404 g/mol. The SMILES string of the molecule is CCCCCC[C@H](O)[C@@H](O)/C=C/[C@H](O)CCCCCCC(=O)OC[C@H](O)CO. The van der Waals surface area contributed by atoms with Crippen molar-refractivity contribution < 1.29 is 35.1 Å². The molecule has 0 aliphatic carbocycles. The van der Waals surface area contributed by atoms with Gasteiger partial charge in [0.15, 0.2) is 0 Å². The third kappa shape index (κ3) is 16.0. The van der Waals surface area contributed by atoms with Crippen molar-refractivity contribution in [3.8, 4) is 0 Å². The lowest BCUT2D eigenvalue weighted by atomic mass is 10.0. The molecule has 7 heteroatoms. The Bertz CT molecular complexity index is 400. The van der Waals surface area contributed by atoms with Gasteiger partial charge in [-0.15, -0.1) is 0 Å². The molecule has 0 saturated heterocycles. The molecule has 5 N–H and O–H groups in total. The van der Waals surface area contributed by atoms with Gasteiger partial charge in [-0.2, -0.15) is 0 Å². The Morgan fingerprint density at radius 2 is 1.54 bits per heavy atom. The van der Waals surface area contributed by atoms with Gasteiger partial charge in [0.05, 0.1) is 24.9 Å². The molecule has 0 fully saturated rings. The van der Waals surface area contributed by atoms with Gasteiger partial charge in [0.25, 0.3) is 0 Å². The van der Waals surface area contributed by atoms with Crippen LogP contribution in [0.4, 0.5) is 0 Å². The van der Waals surface area contributed by atoms with Gasteiger partial charge >= 0.3 is 5.97 Å². The van der Waals surface area contributed by atoms with Crippen molar-refractivity contribution in [3.05, 3.63) is 12.2 Å². The van der Waals surface area contributed by atoms with Crippen LogP contribution in [0.2, 0.25) is 0 Å². The summed E-state index contributed by atoms with van der Waals surface area (Å²) in [5, 5.41) is 47.4.